The van der Waals surface area contributed by atoms with Gasteiger partial charge in [0.15, 0.2) is 5.82 Å². The molecule has 0 aliphatic carbocycles. The van der Waals surface area contributed by atoms with E-state index < -0.39 is 0 Å². The van der Waals surface area contributed by atoms with Crippen LogP contribution in [-0.4, -0.2) is 36.7 Å². The predicted molar refractivity (Wildman–Crippen MR) is 55.5 cm³/mol. The van der Waals surface area contributed by atoms with E-state index in [4.69, 9.17) is 10.5 Å². The number of aromatic nitrogens is 2. The largest absolute Gasteiger partial charge is 0.477 e. The third kappa shape index (κ3) is 2.85. The van der Waals surface area contributed by atoms with Crippen molar-refractivity contribution >= 4 is 5.82 Å². The Hall–Kier alpha value is -1.36. The van der Waals surface area contributed by atoms with Gasteiger partial charge in [0.2, 0.25) is 5.88 Å². The van der Waals surface area contributed by atoms with Gasteiger partial charge >= 0.3 is 0 Å². The van der Waals surface area contributed by atoms with Crippen molar-refractivity contribution in [2.24, 2.45) is 5.73 Å². The van der Waals surface area contributed by atoms with Gasteiger partial charge in [-0.1, -0.05) is 0 Å². The molecule has 0 bridgehead atoms. The van der Waals surface area contributed by atoms with Gasteiger partial charge in [0, 0.05) is 20.1 Å². The third-order valence-electron chi connectivity index (χ3n) is 1.75. The van der Waals surface area contributed by atoms with Crippen molar-refractivity contribution in [1.29, 1.82) is 0 Å². The van der Waals surface area contributed by atoms with Gasteiger partial charge in [0.1, 0.15) is 0 Å². The summed E-state index contributed by atoms with van der Waals surface area (Å²) in [4.78, 5) is 10.2. The van der Waals surface area contributed by atoms with Crippen LogP contribution in [0.5, 0.6) is 5.88 Å². The van der Waals surface area contributed by atoms with Crippen molar-refractivity contribution in [1.82, 2.24) is 9.97 Å². The van der Waals surface area contributed by atoms with Gasteiger partial charge in [-0.2, -0.15) is 4.98 Å². The summed E-state index contributed by atoms with van der Waals surface area (Å²) in [6.45, 7) is 3.86. The summed E-state index contributed by atoms with van der Waals surface area (Å²) in [5, 5.41) is 0. The lowest BCUT2D eigenvalue weighted by Crippen LogP contribution is -2.25. The molecule has 1 aromatic heterocycles. The lowest BCUT2D eigenvalue weighted by atomic mass is 10.5. The van der Waals surface area contributed by atoms with Gasteiger partial charge in [0.25, 0.3) is 0 Å². The number of likely N-dealkylation sites (N-methyl/N-ethyl adjacent to an activating group) is 1. The van der Waals surface area contributed by atoms with Crippen LogP contribution in [0.4, 0.5) is 5.82 Å². The highest BCUT2D eigenvalue weighted by molar-refractivity contribution is 5.36. The fraction of sp³-hybridized carbons (Fsp3) is 0.556. The van der Waals surface area contributed by atoms with E-state index in [-0.39, 0.29) is 0 Å². The second kappa shape index (κ2) is 5.39. The van der Waals surface area contributed by atoms with Crippen LogP contribution in [0.25, 0.3) is 0 Å². The Balaban J connectivity index is 2.71. The summed E-state index contributed by atoms with van der Waals surface area (Å²) in [6.07, 6.45) is 3.29. The van der Waals surface area contributed by atoms with E-state index in [1.165, 1.54) is 0 Å². The number of hydrogen-bond donors (Lipinski definition) is 1. The van der Waals surface area contributed by atoms with E-state index >= 15 is 0 Å². The molecule has 0 radical (unpaired) electrons. The molecule has 1 rings (SSSR count). The molecule has 0 unspecified atom stereocenters. The fourth-order valence-corrected chi connectivity index (χ4v) is 1.05. The lowest BCUT2D eigenvalue weighted by molar-refractivity contribution is 0.325. The van der Waals surface area contributed by atoms with Crippen LogP contribution in [0.15, 0.2) is 12.4 Å². The molecule has 0 aromatic carbocycles. The molecule has 5 heteroatoms. The minimum Gasteiger partial charge on any atom is -0.477 e. The SMILES string of the molecule is CCOc1cncc(N(C)CCN)n1. The summed E-state index contributed by atoms with van der Waals surface area (Å²) in [7, 11) is 1.92. The van der Waals surface area contributed by atoms with Crippen LogP contribution in [0.3, 0.4) is 0 Å². The van der Waals surface area contributed by atoms with Gasteiger partial charge in [-0.25, -0.2) is 0 Å². The molecule has 0 amide bonds. The Morgan fingerprint density at radius 2 is 2.29 bits per heavy atom. The topological polar surface area (TPSA) is 64.3 Å². The average Bonchev–Trinajstić information content (AvgIpc) is 2.19. The molecule has 78 valence electrons. The Morgan fingerprint density at radius 1 is 1.50 bits per heavy atom. The Kier molecular flexibility index (Phi) is 4.12. The molecule has 0 atom stereocenters. The van der Waals surface area contributed by atoms with Gasteiger partial charge in [0.05, 0.1) is 19.0 Å². The van der Waals surface area contributed by atoms with Crippen LogP contribution in [0.2, 0.25) is 0 Å². The molecule has 0 saturated carbocycles. The number of nitrogens with two attached hydrogens (primary N) is 1. The average molecular weight is 196 g/mol. The summed E-state index contributed by atoms with van der Waals surface area (Å²) < 4.78 is 5.24. The highest BCUT2D eigenvalue weighted by Crippen LogP contribution is 2.11. The zero-order valence-electron chi connectivity index (χ0n) is 8.60. The molecule has 2 N–H and O–H groups in total. The first-order valence-corrected chi connectivity index (χ1v) is 4.64. The minimum atomic E-state index is 0.550. The zero-order chi connectivity index (χ0) is 10.4. The molecule has 1 heterocycles. The fourth-order valence-electron chi connectivity index (χ4n) is 1.05. The molecule has 0 saturated heterocycles. The molecular weight excluding hydrogens is 180 g/mol. The highest BCUT2D eigenvalue weighted by Gasteiger charge is 2.03. The van der Waals surface area contributed by atoms with Crippen molar-refractivity contribution in [2.75, 3.05) is 31.6 Å². The van der Waals surface area contributed by atoms with E-state index in [0.717, 1.165) is 12.4 Å². The molecule has 0 aliphatic rings. The number of nitrogens with zero attached hydrogens (tertiary/aromatic N) is 3. The van der Waals surface area contributed by atoms with Crippen LogP contribution >= 0.6 is 0 Å². The van der Waals surface area contributed by atoms with E-state index in [1.807, 2.05) is 18.9 Å². The van der Waals surface area contributed by atoms with Crippen molar-refractivity contribution in [3.8, 4) is 5.88 Å². The molecular formula is C9H16N4O. The molecule has 0 aliphatic heterocycles. The van der Waals surface area contributed by atoms with Gasteiger partial charge in [-0.15, -0.1) is 0 Å². The highest BCUT2D eigenvalue weighted by atomic mass is 16.5. The number of anilines is 1. The first-order chi connectivity index (χ1) is 6.77. The van der Waals surface area contributed by atoms with Crippen LogP contribution in [0, 0.1) is 0 Å². The quantitative estimate of drug-likeness (QED) is 0.732. The van der Waals surface area contributed by atoms with E-state index in [9.17, 15) is 0 Å². The van der Waals surface area contributed by atoms with E-state index in [1.54, 1.807) is 12.4 Å². The number of ether oxygens (including phenoxy) is 1. The summed E-state index contributed by atoms with van der Waals surface area (Å²) in [6, 6.07) is 0. The maximum atomic E-state index is 5.44. The summed E-state index contributed by atoms with van der Waals surface area (Å²) in [5.74, 6) is 1.33. The number of hydrogen-bond acceptors (Lipinski definition) is 5. The number of rotatable bonds is 5. The summed E-state index contributed by atoms with van der Waals surface area (Å²) >= 11 is 0. The van der Waals surface area contributed by atoms with Crippen LogP contribution < -0.4 is 15.4 Å². The Bertz CT molecular complexity index is 279. The summed E-state index contributed by atoms with van der Waals surface area (Å²) in [5.41, 5.74) is 5.44. The van der Waals surface area contributed by atoms with Crippen molar-refractivity contribution in [2.45, 2.75) is 6.92 Å². The predicted octanol–water partition coefficient (Wildman–Crippen LogP) is 0.270. The van der Waals surface area contributed by atoms with Crippen molar-refractivity contribution < 1.29 is 4.74 Å². The molecule has 5 nitrogen and oxygen atoms in total. The first-order valence-electron chi connectivity index (χ1n) is 4.64. The maximum absolute atomic E-state index is 5.44. The lowest BCUT2D eigenvalue weighted by Gasteiger charge is -2.16. The van der Waals surface area contributed by atoms with E-state index in [0.29, 0.717) is 19.0 Å². The molecule has 0 spiro atoms. The van der Waals surface area contributed by atoms with Gasteiger partial charge in [-0.05, 0) is 6.92 Å². The van der Waals surface area contributed by atoms with E-state index in [2.05, 4.69) is 9.97 Å². The third-order valence-corrected chi connectivity index (χ3v) is 1.75. The standard InChI is InChI=1S/C9H16N4O/c1-3-14-9-7-11-6-8(12-9)13(2)5-4-10/h6-7H,3-5,10H2,1-2H3. The first kappa shape index (κ1) is 10.7. The molecule has 1 aromatic rings. The molecule has 0 fully saturated rings. The zero-order valence-corrected chi connectivity index (χ0v) is 8.60. The smallest absolute Gasteiger partial charge is 0.234 e. The second-order valence-electron chi connectivity index (χ2n) is 2.86. The van der Waals surface area contributed by atoms with Crippen LogP contribution in [-0.2, 0) is 0 Å². The van der Waals surface area contributed by atoms with Crippen molar-refractivity contribution in [3.63, 3.8) is 0 Å². The van der Waals surface area contributed by atoms with Gasteiger partial charge < -0.3 is 15.4 Å². The second-order valence-corrected chi connectivity index (χ2v) is 2.86. The van der Waals surface area contributed by atoms with Gasteiger partial charge in [-0.3, -0.25) is 4.98 Å². The van der Waals surface area contributed by atoms with Crippen LogP contribution in [0.1, 0.15) is 6.92 Å². The normalized spacial score (nSPS) is 9.93. The maximum Gasteiger partial charge on any atom is 0.234 e. The molecule has 14 heavy (non-hydrogen) atoms. The van der Waals surface area contributed by atoms with Crippen molar-refractivity contribution in [3.05, 3.63) is 12.4 Å². The Labute approximate surface area is 83.9 Å². The monoisotopic (exact) mass is 196 g/mol. The minimum absolute atomic E-state index is 0.550. The Morgan fingerprint density at radius 3 is 2.93 bits per heavy atom.